The number of rotatable bonds is 7. The molecule has 0 atom stereocenters. The van der Waals surface area contributed by atoms with Crippen molar-refractivity contribution in [2.75, 3.05) is 20.2 Å². The maximum absolute atomic E-state index is 11.3. The summed E-state index contributed by atoms with van der Waals surface area (Å²) in [6.45, 7) is 0.505. The van der Waals surface area contributed by atoms with Crippen molar-refractivity contribution in [3.8, 4) is 0 Å². The summed E-state index contributed by atoms with van der Waals surface area (Å²) in [4.78, 5) is 32.8. The summed E-state index contributed by atoms with van der Waals surface area (Å²) in [6, 6.07) is 6.50. The number of amides is 2. The average molecular weight is 294 g/mol. The smallest absolute Gasteiger partial charge is 0.337 e. The molecule has 0 bridgehead atoms. The quantitative estimate of drug-likeness (QED) is 0.645. The van der Waals surface area contributed by atoms with Crippen LogP contribution in [0.1, 0.15) is 22.3 Å². The van der Waals surface area contributed by atoms with Crippen molar-refractivity contribution >= 4 is 18.0 Å². The van der Waals surface area contributed by atoms with E-state index in [1.807, 2.05) is 0 Å². The normalized spacial score (nSPS) is 9.76. The van der Waals surface area contributed by atoms with Gasteiger partial charge in [-0.3, -0.25) is 4.79 Å². The van der Waals surface area contributed by atoms with Gasteiger partial charge in [0.1, 0.15) is 0 Å². The van der Waals surface area contributed by atoms with E-state index in [1.54, 1.807) is 24.3 Å². The zero-order valence-corrected chi connectivity index (χ0v) is 11.7. The van der Waals surface area contributed by atoms with Crippen molar-refractivity contribution in [2.45, 2.75) is 12.8 Å². The first-order valence-corrected chi connectivity index (χ1v) is 6.43. The number of benzene rings is 1. The van der Waals surface area contributed by atoms with Crippen LogP contribution in [0.5, 0.6) is 0 Å². The van der Waals surface area contributed by atoms with Gasteiger partial charge < -0.3 is 20.5 Å². The number of nitrogens with one attached hydrogen (secondary N) is 2. The van der Waals surface area contributed by atoms with E-state index in [0.717, 1.165) is 5.56 Å². The Balaban J connectivity index is 2.27. The molecule has 7 heteroatoms. The van der Waals surface area contributed by atoms with E-state index >= 15 is 0 Å². The Labute approximate surface area is 122 Å². The molecule has 0 unspecified atom stereocenters. The second-order valence-electron chi connectivity index (χ2n) is 4.26. The number of carbonyl (C=O) groups excluding carboxylic acids is 2. The third-order valence-electron chi connectivity index (χ3n) is 2.70. The van der Waals surface area contributed by atoms with Crippen LogP contribution in [0.2, 0.25) is 0 Å². The summed E-state index contributed by atoms with van der Waals surface area (Å²) >= 11 is 0. The summed E-state index contributed by atoms with van der Waals surface area (Å²) in [5.74, 6) is -1.35. The predicted octanol–water partition coefficient (Wildman–Crippen LogP) is 0.790. The minimum atomic E-state index is -0.957. The summed E-state index contributed by atoms with van der Waals surface area (Å²) in [6.07, 6.45) is 0.496. The van der Waals surface area contributed by atoms with Gasteiger partial charge in [0.25, 0.3) is 0 Å². The molecule has 2 amide bonds. The van der Waals surface area contributed by atoms with Crippen molar-refractivity contribution in [1.82, 2.24) is 10.6 Å². The van der Waals surface area contributed by atoms with Crippen molar-refractivity contribution in [2.24, 2.45) is 0 Å². The van der Waals surface area contributed by atoms with Crippen LogP contribution in [0, 0.1) is 0 Å². The van der Waals surface area contributed by atoms with Crippen molar-refractivity contribution < 1.29 is 24.2 Å². The first-order chi connectivity index (χ1) is 10.0. The third kappa shape index (κ3) is 6.42. The number of aliphatic carboxylic acids is 1. The third-order valence-corrected chi connectivity index (χ3v) is 2.70. The lowest BCUT2D eigenvalue weighted by Gasteiger charge is -2.07. The Kier molecular flexibility index (Phi) is 6.73. The van der Waals surface area contributed by atoms with Gasteiger partial charge in [-0.2, -0.15) is 0 Å². The Morgan fingerprint density at radius 2 is 1.71 bits per heavy atom. The van der Waals surface area contributed by atoms with E-state index in [2.05, 4.69) is 15.4 Å². The molecular weight excluding hydrogens is 276 g/mol. The van der Waals surface area contributed by atoms with E-state index in [1.165, 1.54) is 7.11 Å². The molecule has 0 aliphatic rings. The molecule has 0 saturated heterocycles. The standard InChI is InChI=1S/C14H18N2O5/c1-21-13(19)11-4-2-10(3-5-11)6-8-15-14(20)16-9-7-12(17)18/h2-5H,6-9H2,1H3,(H,17,18)(H2,15,16,20). The zero-order chi connectivity index (χ0) is 15.7. The predicted molar refractivity (Wildman–Crippen MR) is 75.1 cm³/mol. The fourth-order valence-corrected chi connectivity index (χ4v) is 1.59. The molecule has 3 N–H and O–H groups in total. The molecule has 114 valence electrons. The number of methoxy groups -OCH3 is 1. The van der Waals surface area contributed by atoms with Gasteiger partial charge in [-0.1, -0.05) is 12.1 Å². The molecule has 1 aromatic rings. The maximum atomic E-state index is 11.3. The number of ether oxygens (including phenoxy) is 1. The van der Waals surface area contributed by atoms with Gasteiger partial charge in [-0.15, -0.1) is 0 Å². The molecule has 0 aliphatic carbocycles. The van der Waals surface area contributed by atoms with Gasteiger partial charge in [-0.25, -0.2) is 9.59 Å². The Morgan fingerprint density at radius 3 is 2.29 bits per heavy atom. The van der Waals surface area contributed by atoms with E-state index < -0.39 is 18.0 Å². The number of urea groups is 1. The number of hydrogen-bond donors (Lipinski definition) is 3. The minimum absolute atomic E-state index is 0.0923. The minimum Gasteiger partial charge on any atom is -0.481 e. The molecule has 0 saturated carbocycles. The van der Waals surface area contributed by atoms with Crippen molar-refractivity contribution in [1.29, 1.82) is 0 Å². The van der Waals surface area contributed by atoms with E-state index in [0.29, 0.717) is 18.5 Å². The van der Waals surface area contributed by atoms with Crippen LogP contribution in [-0.2, 0) is 16.0 Å². The molecule has 0 aromatic heterocycles. The molecule has 0 spiro atoms. The Bertz CT molecular complexity index is 499. The number of carboxylic acid groups (broad SMARTS) is 1. The van der Waals surface area contributed by atoms with Crippen LogP contribution in [-0.4, -0.2) is 43.3 Å². The first-order valence-electron chi connectivity index (χ1n) is 6.43. The van der Waals surface area contributed by atoms with Gasteiger partial charge in [0.15, 0.2) is 0 Å². The van der Waals surface area contributed by atoms with Crippen LogP contribution < -0.4 is 10.6 Å². The van der Waals surface area contributed by atoms with Crippen LogP contribution in [0.3, 0.4) is 0 Å². The first kappa shape index (κ1) is 16.5. The summed E-state index contributed by atoms with van der Waals surface area (Å²) < 4.78 is 4.60. The lowest BCUT2D eigenvalue weighted by Crippen LogP contribution is -2.37. The molecule has 0 radical (unpaired) electrons. The van der Waals surface area contributed by atoms with Crippen LogP contribution in [0.25, 0.3) is 0 Å². The highest BCUT2D eigenvalue weighted by atomic mass is 16.5. The second kappa shape index (κ2) is 8.57. The van der Waals surface area contributed by atoms with Crippen LogP contribution in [0.4, 0.5) is 4.79 Å². The van der Waals surface area contributed by atoms with Gasteiger partial charge in [0, 0.05) is 13.1 Å². The average Bonchev–Trinajstić information content (AvgIpc) is 2.46. The summed E-state index contributed by atoms with van der Waals surface area (Å²) in [7, 11) is 1.32. The van der Waals surface area contributed by atoms with Crippen molar-refractivity contribution in [3.05, 3.63) is 35.4 Å². The van der Waals surface area contributed by atoms with Gasteiger partial charge in [0.2, 0.25) is 0 Å². The highest BCUT2D eigenvalue weighted by Crippen LogP contribution is 2.06. The van der Waals surface area contributed by atoms with E-state index in [-0.39, 0.29) is 13.0 Å². The number of carbonyl (C=O) groups is 3. The lowest BCUT2D eigenvalue weighted by molar-refractivity contribution is -0.136. The number of hydrogen-bond acceptors (Lipinski definition) is 4. The summed E-state index contributed by atoms with van der Waals surface area (Å²) in [5.41, 5.74) is 1.44. The second-order valence-corrected chi connectivity index (χ2v) is 4.26. The highest BCUT2D eigenvalue weighted by Gasteiger charge is 2.05. The zero-order valence-electron chi connectivity index (χ0n) is 11.7. The molecule has 1 aromatic carbocycles. The molecule has 0 aliphatic heterocycles. The fourth-order valence-electron chi connectivity index (χ4n) is 1.59. The monoisotopic (exact) mass is 294 g/mol. The Morgan fingerprint density at radius 1 is 1.10 bits per heavy atom. The summed E-state index contributed by atoms with van der Waals surface area (Å²) in [5, 5.41) is 13.5. The molecular formula is C14H18N2O5. The van der Waals surface area contributed by atoms with Gasteiger partial charge >= 0.3 is 18.0 Å². The molecule has 7 nitrogen and oxygen atoms in total. The molecule has 21 heavy (non-hydrogen) atoms. The Hall–Kier alpha value is -2.57. The molecule has 0 heterocycles. The van der Waals surface area contributed by atoms with E-state index in [4.69, 9.17) is 5.11 Å². The van der Waals surface area contributed by atoms with Crippen molar-refractivity contribution in [3.63, 3.8) is 0 Å². The van der Waals surface area contributed by atoms with E-state index in [9.17, 15) is 14.4 Å². The molecule has 0 fully saturated rings. The lowest BCUT2D eigenvalue weighted by atomic mass is 10.1. The maximum Gasteiger partial charge on any atom is 0.337 e. The number of esters is 1. The van der Waals surface area contributed by atoms with Crippen LogP contribution in [0.15, 0.2) is 24.3 Å². The van der Waals surface area contributed by atoms with Crippen LogP contribution >= 0.6 is 0 Å². The van der Waals surface area contributed by atoms with Gasteiger partial charge in [0.05, 0.1) is 19.1 Å². The SMILES string of the molecule is COC(=O)c1ccc(CCNC(=O)NCCC(=O)O)cc1. The highest BCUT2D eigenvalue weighted by molar-refractivity contribution is 5.89. The topological polar surface area (TPSA) is 105 Å². The number of carboxylic acids is 1. The fraction of sp³-hybridized carbons (Fsp3) is 0.357. The largest absolute Gasteiger partial charge is 0.481 e. The molecule has 1 rings (SSSR count). The van der Waals surface area contributed by atoms with Gasteiger partial charge in [-0.05, 0) is 24.1 Å².